The molecule has 0 bridgehead atoms. The lowest BCUT2D eigenvalue weighted by atomic mass is 9.88. The normalized spacial score (nSPS) is 22.8. The predicted molar refractivity (Wildman–Crippen MR) is 94.7 cm³/mol. The number of carbonyl (C=O) groups excluding carboxylic acids is 1. The molecule has 2 N–H and O–H groups in total. The van der Waals surface area contributed by atoms with E-state index in [1.165, 1.54) is 0 Å². The van der Waals surface area contributed by atoms with E-state index in [9.17, 15) is 9.90 Å². The van der Waals surface area contributed by atoms with Gasteiger partial charge in [-0.15, -0.1) is 0 Å². The van der Waals surface area contributed by atoms with Gasteiger partial charge in [-0.3, -0.25) is 0 Å². The summed E-state index contributed by atoms with van der Waals surface area (Å²) in [5, 5.41) is 13.2. The van der Waals surface area contributed by atoms with Crippen LogP contribution in [0.3, 0.4) is 0 Å². The van der Waals surface area contributed by atoms with Crippen LogP contribution in [0.15, 0.2) is 30.3 Å². The van der Waals surface area contributed by atoms with E-state index in [2.05, 4.69) is 17.1 Å². The maximum Gasteiger partial charge on any atom is 0.407 e. The fourth-order valence-electron chi connectivity index (χ4n) is 3.38. The van der Waals surface area contributed by atoms with E-state index in [1.807, 2.05) is 37.3 Å². The zero-order chi connectivity index (χ0) is 17.4. The first-order valence-electron chi connectivity index (χ1n) is 9.00. The Morgan fingerprint density at radius 3 is 2.75 bits per heavy atom. The first-order valence-corrected chi connectivity index (χ1v) is 9.00. The van der Waals surface area contributed by atoms with Crippen molar-refractivity contribution in [2.45, 2.75) is 51.9 Å². The molecular weight excluding hydrogens is 304 g/mol. The minimum Gasteiger partial charge on any atom is -0.445 e. The Kier molecular flexibility index (Phi) is 7.53. The van der Waals surface area contributed by atoms with Gasteiger partial charge in [-0.25, -0.2) is 4.79 Å². The molecule has 1 amide bonds. The standard InChI is InChI=1S/C19H30N2O3/c1-3-10-21-12-16(18(22)4-2)11-17(13-21)20-19(23)24-14-15-8-6-5-7-9-15/h5-9,16-18,22H,3-4,10-14H2,1-2H3,(H,20,23). The van der Waals surface area contributed by atoms with Crippen molar-refractivity contribution in [1.82, 2.24) is 10.2 Å². The molecule has 1 aliphatic heterocycles. The lowest BCUT2D eigenvalue weighted by Crippen LogP contribution is -2.53. The largest absolute Gasteiger partial charge is 0.445 e. The Labute approximate surface area is 145 Å². The highest BCUT2D eigenvalue weighted by atomic mass is 16.5. The van der Waals surface area contributed by atoms with Gasteiger partial charge in [-0.05, 0) is 37.3 Å². The van der Waals surface area contributed by atoms with Crippen molar-refractivity contribution in [2.24, 2.45) is 5.92 Å². The van der Waals surface area contributed by atoms with Crippen LogP contribution in [-0.2, 0) is 11.3 Å². The van der Waals surface area contributed by atoms with E-state index in [0.717, 1.165) is 44.5 Å². The van der Waals surface area contributed by atoms with E-state index in [0.29, 0.717) is 0 Å². The maximum absolute atomic E-state index is 12.1. The van der Waals surface area contributed by atoms with E-state index >= 15 is 0 Å². The zero-order valence-electron chi connectivity index (χ0n) is 14.8. The number of likely N-dealkylation sites (tertiary alicyclic amines) is 1. The third-order valence-corrected chi connectivity index (χ3v) is 4.60. The van der Waals surface area contributed by atoms with E-state index < -0.39 is 0 Å². The molecule has 0 radical (unpaired) electrons. The number of carbonyl (C=O) groups is 1. The fourth-order valence-corrected chi connectivity index (χ4v) is 3.38. The lowest BCUT2D eigenvalue weighted by molar-refractivity contribution is 0.0341. The second-order valence-electron chi connectivity index (χ2n) is 6.63. The van der Waals surface area contributed by atoms with Gasteiger partial charge in [-0.1, -0.05) is 44.2 Å². The summed E-state index contributed by atoms with van der Waals surface area (Å²) in [5.74, 6) is 0.203. The Morgan fingerprint density at radius 2 is 2.08 bits per heavy atom. The highest BCUT2D eigenvalue weighted by molar-refractivity contribution is 5.67. The summed E-state index contributed by atoms with van der Waals surface area (Å²) in [6, 6.07) is 9.69. The van der Waals surface area contributed by atoms with Gasteiger partial charge in [0.15, 0.2) is 0 Å². The number of piperidine rings is 1. The maximum atomic E-state index is 12.1. The molecular formula is C19H30N2O3. The molecule has 1 aromatic carbocycles. The van der Waals surface area contributed by atoms with Crippen LogP contribution in [0.2, 0.25) is 0 Å². The number of aliphatic hydroxyl groups is 1. The minimum absolute atomic E-state index is 0.0276. The first kappa shape index (κ1) is 18.7. The molecule has 0 aliphatic carbocycles. The molecule has 3 unspecified atom stereocenters. The summed E-state index contributed by atoms with van der Waals surface area (Å²) in [4.78, 5) is 14.4. The number of hydrogen-bond acceptors (Lipinski definition) is 4. The summed E-state index contributed by atoms with van der Waals surface area (Å²) in [6.45, 7) is 7.14. The van der Waals surface area contributed by atoms with Gasteiger partial charge < -0.3 is 20.1 Å². The number of amides is 1. The SMILES string of the molecule is CCCN1CC(NC(=O)OCc2ccccc2)CC(C(O)CC)C1. The summed E-state index contributed by atoms with van der Waals surface area (Å²) in [5.41, 5.74) is 0.975. The molecule has 134 valence electrons. The van der Waals surface area contributed by atoms with Crippen molar-refractivity contribution in [3.63, 3.8) is 0 Å². The van der Waals surface area contributed by atoms with Crippen LogP contribution in [0, 0.1) is 5.92 Å². The summed E-state index contributed by atoms with van der Waals surface area (Å²) >= 11 is 0. The molecule has 2 rings (SSSR count). The van der Waals surface area contributed by atoms with Crippen LogP contribution in [0.5, 0.6) is 0 Å². The zero-order valence-corrected chi connectivity index (χ0v) is 14.8. The molecule has 3 atom stereocenters. The number of rotatable bonds is 7. The summed E-state index contributed by atoms with van der Waals surface area (Å²) in [7, 11) is 0. The van der Waals surface area contributed by atoms with Crippen molar-refractivity contribution in [2.75, 3.05) is 19.6 Å². The van der Waals surface area contributed by atoms with Crippen LogP contribution in [0.25, 0.3) is 0 Å². The molecule has 1 heterocycles. The number of nitrogens with zero attached hydrogens (tertiary/aromatic N) is 1. The van der Waals surface area contributed by atoms with Gasteiger partial charge >= 0.3 is 6.09 Å². The highest BCUT2D eigenvalue weighted by Crippen LogP contribution is 2.22. The number of hydrogen-bond donors (Lipinski definition) is 2. The number of nitrogens with one attached hydrogen (secondary N) is 1. The number of alkyl carbamates (subject to hydrolysis) is 1. The molecule has 5 heteroatoms. The number of aliphatic hydroxyl groups excluding tert-OH is 1. The van der Waals surface area contributed by atoms with Gasteiger partial charge in [0.25, 0.3) is 0 Å². The van der Waals surface area contributed by atoms with Gasteiger partial charge in [0.2, 0.25) is 0 Å². The third kappa shape index (κ3) is 5.80. The monoisotopic (exact) mass is 334 g/mol. The number of ether oxygens (including phenoxy) is 1. The molecule has 0 aromatic heterocycles. The Hall–Kier alpha value is -1.59. The summed E-state index contributed by atoms with van der Waals surface area (Å²) < 4.78 is 5.32. The van der Waals surface area contributed by atoms with Gasteiger partial charge in [0.05, 0.1) is 6.10 Å². The molecule has 1 aliphatic rings. The Balaban J connectivity index is 1.85. The van der Waals surface area contributed by atoms with Crippen LogP contribution >= 0.6 is 0 Å². The highest BCUT2D eigenvalue weighted by Gasteiger charge is 2.31. The molecule has 1 saturated heterocycles. The summed E-state index contributed by atoms with van der Waals surface area (Å²) in [6.07, 6.45) is 1.92. The van der Waals surface area contributed by atoms with Crippen molar-refractivity contribution < 1.29 is 14.6 Å². The average molecular weight is 334 g/mol. The quantitative estimate of drug-likeness (QED) is 0.805. The molecule has 0 spiro atoms. The predicted octanol–water partition coefficient (Wildman–Crippen LogP) is 2.78. The molecule has 24 heavy (non-hydrogen) atoms. The van der Waals surface area contributed by atoms with Gasteiger partial charge in [0.1, 0.15) is 6.61 Å². The van der Waals surface area contributed by atoms with E-state index in [-0.39, 0.29) is 30.8 Å². The third-order valence-electron chi connectivity index (χ3n) is 4.60. The van der Waals surface area contributed by atoms with E-state index in [4.69, 9.17) is 4.74 Å². The lowest BCUT2D eigenvalue weighted by Gasteiger charge is -2.39. The van der Waals surface area contributed by atoms with Gasteiger partial charge in [0, 0.05) is 19.1 Å². The topological polar surface area (TPSA) is 61.8 Å². The fraction of sp³-hybridized carbons (Fsp3) is 0.632. The Morgan fingerprint density at radius 1 is 1.33 bits per heavy atom. The van der Waals surface area contributed by atoms with Crippen LogP contribution < -0.4 is 5.32 Å². The van der Waals surface area contributed by atoms with Crippen molar-refractivity contribution in [3.05, 3.63) is 35.9 Å². The Bertz CT molecular complexity index is 495. The van der Waals surface area contributed by atoms with Gasteiger partial charge in [-0.2, -0.15) is 0 Å². The van der Waals surface area contributed by atoms with E-state index in [1.54, 1.807) is 0 Å². The second-order valence-corrected chi connectivity index (χ2v) is 6.63. The van der Waals surface area contributed by atoms with Crippen LogP contribution in [0.4, 0.5) is 4.79 Å². The van der Waals surface area contributed by atoms with Crippen LogP contribution in [0.1, 0.15) is 38.7 Å². The second kappa shape index (κ2) is 9.64. The minimum atomic E-state index is -0.382. The van der Waals surface area contributed by atoms with Crippen molar-refractivity contribution in [1.29, 1.82) is 0 Å². The first-order chi connectivity index (χ1) is 11.6. The molecule has 1 fully saturated rings. The van der Waals surface area contributed by atoms with Crippen molar-refractivity contribution >= 4 is 6.09 Å². The van der Waals surface area contributed by atoms with Crippen LogP contribution in [-0.4, -0.2) is 47.9 Å². The molecule has 0 saturated carbocycles. The number of benzene rings is 1. The smallest absolute Gasteiger partial charge is 0.407 e. The van der Waals surface area contributed by atoms with Crippen molar-refractivity contribution in [3.8, 4) is 0 Å². The molecule has 1 aromatic rings. The average Bonchev–Trinajstić information content (AvgIpc) is 2.60. The molecule has 5 nitrogen and oxygen atoms in total.